The number of halogens is 3. The van der Waals surface area contributed by atoms with Gasteiger partial charge in [0.15, 0.2) is 0 Å². The molecular formula is C13H20F3NO3. The molecule has 0 aromatic rings. The minimum atomic E-state index is -4.46. The van der Waals surface area contributed by atoms with Crippen molar-refractivity contribution >= 4 is 5.91 Å². The van der Waals surface area contributed by atoms with Crippen LogP contribution in [0.1, 0.15) is 32.6 Å². The molecule has 1 saturated heterocycles. The minimum absolute atomic E-state index is 0.0395. The van der Waals surface area contributed by atoms with Crippen LogP contribution in [-0.4, -0.2) is 54.0 Å². The van der Waals surface area contributed by atoms with Gasteiger partial charge in [-0.2, -0.15) is 13.2 Å². The van der Waals surface area contributed by atoms with Crippen molar-refractivity contribution in [2.24, 2.45) is 5.41 Å². The summed E-state index contributed by atoms with van der Waals surface area (Å²) in [6, 6.07) is 0. The van der Waals surface area contributed by atoms with Gasteiger partial charge in [-0.25, -0.2) is 0 Å². The molecule has 2 rings (SSSR count). The van der Waals surface area contributed by atoms with Crippen molar-refractivity contribution in [3.05, 3.63) is 0 Å². The van der Waals surface area contributed by atoms with Crippen molar-refractivity contribution in [1.82, 2.24) is 4.90 Å². The molecule has 1 amide bonds. The molecule has 20 heavy (non-hydrogen) atoms. The van der Waals surface area contributed by atoms with E-state index in [1.54, 1.807) is 0 Å². The summed E-state index contributed by atoms with van der Waals surface area (Å²) in [4.78, 5) is 12.8. The molecule has 7 heteroatoms. The molecule has 0 aromatic carbocycles. The summed E-state index contributed by atoms with van der Waals surface area (Å²) in [5.74, 6) is -0.880. The minimum Gasteiger partial charge on any atom is -0.392 e. The van der Waals surface area contributed by atoms with Gasteiger partial charge in [0.05, 0.1) is 12.2 Å². The average Bonchev–Trinajstić information content (AvgIpc) is 2.37. The van der Waals surface area contributed by atoms with E-state index >= 15 is 0 Å². The van der Waals surface area contributed by atoms with E-state index in [9.17, 15) is 23.1 Å². The first-order valence-corrected chi connectivity index (χ1v) is 6.92. The van der Waals surface area contributed by atoms with Crippen molar-refractivity contribution in [3.63, 3.8) is 0 Å². The fraction of sp³-hybridized carbons (Fsp3) is 0.923. The van der Waals surface area contributed by atoms with Crippen LogP contribution >= 0.6 is 0 Å². The van der Waals surface area contributed by atoms with Gasteiger partial charge < -0.3 is 14.7 Å². The predicted octanol–water partition coefficient (Wildman–Crippen LogP) is 1.72. The zero-order valence-electron chi connectivity index (χ0n) is 11.4. The number of aliphatic hydroxyl groups excluding tert-OH is 1. The molecule has 1 N–H and O–H groups in total. The van der Waals surface area contributed by atoms with Gasteiger partial charge in [0, 0.05) is 31.5 Å². The van der Waals surface area contributed by atoms with E-state index in [-0.39, 0.29) is 24.6 Å². The lowest BCUT2D eigenvalue weighted by Gasteiger charge is -2.56. The Morgan fingerprint density at radius 1 is 1.40 bits per heavy atom. The fourth-order valence-corrected chi connectivity index (χ4v) is 3.27. The van der Waals surface area contributed by atoms with Crippen LogP contribution in [0.4, 0.5) is 13.2 Å². The number of carbonyl (C=O) groups is 1. The Morgan fingerprint density at radius 2 is 2.00 bits per heavy atom. The number of carbonyl (C=O) groups excluding carboxylic acids is 1. The molecular weight excluding hydrogens is 275 g/mol. The molecule has 2 aliphatic rings. The summed E-state index contributed by atoms with van der Waals surface area (Å²) in [5, 5.41) is 9.97. The van der Waals surface area contributed by atoms with Crippen LogP contribution in [0.3, 0.4) is 0 Å². The molecule has 0 radical (unpaired) electrons. The average molecular weight is 295 g/mol. The molecule has 116 valence electrons. The van der Waals surface area contributed by atoms with Gasteiger partial charge in [-0.15, -0.1) is 0 Å². The first-order chi connectivity index (χ1) is 9.28. The van der Waals surface area contributed by atoms with Crippen molar-refractivity contribution in [1.29, 1.82) is 0 Å². The summed E-state index contributed by atoms with van der Waals surface area (Å²) in [5.41, 5.74) is -0.370. The molecule has 4 nitrogen and oxygen atoms in total. The maximum absolute atomic E-state index is 12.2. The Labute approximate surface area is 115 Å². The Balaban J connectivity index is 1.90. The molecule has 0 bridgehead atoms. The topological polar surface area (TPSA) is 49.8 Å². The maximum Gasteiger partial charge on any atom is 0.397 e. The van der Waals surface area contributed by atoms with Crippen molar-refractivity contribution < 1.29 is 27.8 Å². The molecule has 1 heterocycles. The lowest BCUT2D eigenvalue weighted by Crippen LogP contribution is -2.62. The van der Waals surface area contributed by atoms with E-state index in [0.29, 0.717) is 25.9 Å². The molecule has 1 aliphatic carbocycles. The van der Waals surface area contributed by atoms with Gasteiger partial charge in [0.25, 0.3) is 0 Å². The monoisotopic (exact) mass is 295 g/mol. The Morgan fingerprint density at radius 3 is 2.45 bits per heavy atom. The van der Waals surface area contributed by atoms with Crippen molar-refractivity contribution in [2.75, 3.05) is 19.7 Å². The number of rotatable bonds is 3. The first kappa shape index (κ1) is 15.6. The SMILES string of the molecule is CCO[C@@H]1C[C@H](O)C12CCN(C(=O)CC(F)(F)F)CC2. The Bertz CT molecular complexity index is 362. The quantitative estimate of drug-likeness (QED) is 0.862. The van der Waals surface area contributed by atoms with E-state index in [1.165, 1.54) is 4.90 Å². The van der Waals surface area contributed by atoms with Gasteiger partial charge >= 0.3 is 6.18 Å². The van der Waals surface area contributed by atoms with Crippen LogP contribution in [0.5, 0.6) is 0 Å². The highest BCUT2D eigenvalue weighted by Gasteiger charge is 2.56. The highest BCUT2D eigenvalue weighted by Crippen LogP contribution is 2.51. The van der Waals surface area contributed by atoms with E-state index in [2.05, 4.69) is 0 Å². The largest absolute Gasteiger partial charge is 0.397 e. The van der Waals surface area contributed by atoms with Gasteiger partial charge in [-0.05, 0) is 19.8 Å². The van der Waals surface area contributed by atoms with Crippen LogP contribution in [0, 0.1) is 5.41 Å². The number of nitrogens with zero attached hydrogens (tertiary/aromatic N) is 1. The maximum atomic E-state index is 12.2. The van der Waals surface area contributed by atoms with Crippen LogP contribution in [-0.2, 0) is 9.53 Å². The molecule has 1 aliphatic heterocycles. The third-order valence-electron chi connectivity index (χ3n) is 4.51. The number of amides is 1. The number of likely N-dealkylation sites (tertiary alicyclic amines) is 1. The zero-order chi connectivity index (χ0) is 15.0. The summed E-state index contributed by atoms with van der Waals surface area (Å²) in [7, 11) is 0. The van der Waals surface area contributed by atoms with Gasteiger partial charge in [-0.3, -0.25) is 4.79 Å². The summed E-state index contributed by atoms with van der Waals surface area (Å²) >= 11 is 0. The molecule has 0 unspecified atom stereocenters. The van der Waals surface area contributed by atoms with Gasteiger partial charge in [0.1, 0.15) is 6.42 Å². The van der Waals surface area contributed by atoms with Crippen LogP contribution in [0.15, 0.2) is 0 Å². The van der Waals surface area contributed by atoms with Crippen LogP contribution in [0.2, 0.25) is 0 Å². The zero-order valence-corrected chi connectivity index (χ0v) is 11.4. The van der Waals surface area contributed by atoms with Gasteiger partial charge in [-0.1, -0.05) is 0 Å². The second kappa shape index (κ2) is 5.52. The lowest BCUT2D eigenvalue weighted by molar-refractivity contribution is -0.211. The van der Waals surface area contributed by atoms with E-state index in [4.69, 9.17) is 4.74 Å². The van der Waals surface area contributed by atoms with Crippen LogP contribution < -0.4 is 0 Å². The fourth-order valence-electron chi connectivity index (χ4n) is 3.27. The third-order valence-corrected chi connectivity index (χ3v) is 4.51. The number of piperidine rings is 1. The highest BCUT2D eigenvalue weighted by atomic mass is 19.4. The molecule has 2 atom stereocenters. The van der Waals surface area contributed by atoms with Crippen molar-refractivity contribution in [2.45, 2.75) is 51.0 Å². The highest BCUT2D eigenvalue weighted by molar-refractivity contribution is 5.77. The van der Waals surface area contributed by atoms with Gasteiger partial charge in [0.2, 0.25) is 5.91 Å². The van der Waals surface area contributed by atoms with E-state index in [1.807, 2.05) is 6.92 Å². The summed E-state index contributed by atoms with van der Waals surface area (Å²) in [6.45, 7) is 2.95. The van der Waals surface area contributed by atoms with E-state index < -0.39 is 24.6 Å². The van der Waals surface area contributed by atoms with Crippen molar-refractivity contribution in [3.8, 4) is 0 Å². The Kier molecular flexibility index (Phi) is 4.30. The molecule has 1 spiro atoms. The Hall–Kier alpha value is -0.820. The first-order valence-electron chi connectivity index (χ1n) is 6.92. The number of alkyl halides is 3. The molecule has 2 fully saturated rings. The second-order valence-electron chi connectivity index (χ2n) is 5.60. The standard InChI is InChI=1S/C13H20F3NO3/c1-2-20-10-7-9(18)12(10)3-5-17(6-4-12)11(19)8-13(14,15)16/h9-10,18H,2-8H2,1H3/t9-,10+/m0/s1. The number of ether oxygens (including phenoxy) is 1. The smallest absolute Gasteiger partial charge is 0.392 e. The third kappa shape index (κ3) is 2.93. The lowest BCUT2D eigenvalue weighted by atomic mass is 9.58. The second-order valence-corrected chi connectivity index (χ2v) is 5.60. The van der Waals surface area contributed by atoms with E-state index in [0.717, 1.165) is 0 Å². The number of hydrogen-bond acceptors (Lipinski definition) is 3. The number of aliphatic hydroxyl groups is 1. The predicted molar refractivity (Wildman–Crippen MR) is 65.0 cm³/mol. The number of hydrogen-bond donors (Lipinski definition) is 1. The normalized spacial score (nSPS) is 29.4. The summed E-state index contributed by atoms with van der Waals surface area (Å²) < 4.78 is 42.2. The summed E-state index contributed by atoms with van der Waals surface area (Å²) in [6.07, 6.45) is -4.80. The molecule has 0 aromatic heterocycles. The van der Waals surface area contributed by atoms with Crippen LogP contribution in [0.25, 0.3) is 0 Å². The molecule has 1 saturated carbocycles.